The van der Waals surface area contributed by atoms with E-state index >= 15 is 0 Å². The molecule has 1 aromatic heterocycles. The quantitative estimate of drug-likeness (QED) is 0.794. The molecule has 3 nitrogen and oxygen atoms in total. The Bertz CT molecular complexity index is 632. The van der Waals surface area contributed by atoms with Gasteiger partial charge in [0.25, 0.3) is 0 Å². The van der Waals surface area contributed by atoms with Crippen LogP contribution in [0, 0.1) is 18.8 Å². The van der Waals surface area contributed by atoms with Crippen molar-refractivity contribution in [2.75, 3.05) is 37.6 Å². The molecule has 1 aromatic carbocycles. The van der Waals surface area contributed by atoms with Crippen LogP contribution in [0.15, 0.2) is 35.8 Å². The van der Waals surface area contributed by atoms with Gasteiger partial charge in [-0.25, -0.2) is 4.98 Å². The lowest BCUT2D eigenvalue weighted by Crippen LogP contribution is -2.46. The molecule has 1 fully saturated rings. The summed E-state index contributed by atoms with van der Waals surface area (Å²) in [7, 11) is 0. The van der Waals surface area contributed by atoms with E-state index in [0.29, 0.717) is 0 Å². The molecule has 2 aromatic rings. The van der Waals surface area contributed by atoms with E-state index in [-0.39, 0.29) is 0 Å². The van der Waals surface area contributed by atoms with Crippen molar-refractivity contribution in [3.8, 4) is 11.8 Å². The van der Waals surface area contributed by atoms with Crippen molar-refractivity contribution in [1.29, 1.82) is 0 Å². The van der Waals surface area contributed by atoms with Crippen LogP contribution in [0.5, 0.6) is 0 Å². The maximum atomic E-state index is 4.37. The SMILES string of the molecule is Cc1ccccc1C#CCN1CCN(c2nccs2)CC1. The zero-order valence-electron chi connectivity index (χ0n) is 12.2. The van der Waals surface area contributed by atoms with Crippen LogP contribution in [0.3, 0.4) is 0 Å². The van der Waals surface area contributed by atoms with Crippen molar-refractivity contribution in [2.24, 2.45) is 0 Å². The summed E-state index contributed by atoms with van der Waals surface area (Å²) < 4.78 is 0. The van der Waals surface area contributed by atoms with Crippen molar-refractivity contribution in [1.82, 2.24) is 9.88 Å². The van der Waals surface area contributed by atoms with Crippen LogP contribution >= 0.6 is 11.3 Å². The van der Waals surface area contributed by atoms with Gasteiger partial charge in [-0.1, -0.05) is 30.0 Å². The van der Waals surface area contributed by atoms with Gasteiger partial charge in [0.05, 0.1) is 6.54 Å². The Morgan fingerprint density at radius 3 is 2.71 bits per heavy atom. The topological polar surface area (TPSA) is 19.4 Å². The Hall–Kier alpha value is -1.83. The van der Waals surface area contributed by atoms with Crippen molar-refractivity contribution in [2.45, 2.75) is 6.92 Å². The Balaban J connectivity index is 1.51. The van der Waals surface area contributed by atoms with Crippen molar-refractivity contribution in [3.05, 3.63) is 47.0 Å². The molecule has 21 heavy (non-hydrogen) atoms. The molecule has 0 amide bonds. The predicted molar refractivity (Wildman–Crippen MR) is 88.8 cm³/mol. The standard InChI is InChI=1S/C17H19N3S/c1-15-5-2-3-6-16(15)7-4-9-19-10-12-20(13-11-19)17-18-8-14-21-17/h2-3,5-6,8,14H,9-13H2,1H3. The summed E-state index contributed by atoms with van der Waals surface area (Å²) in [6.07, 6.45) is 1.88. The molecule has 1 aliphatic heterocycles. The van der Waals surface area contributed by atoms with E-state index in [2.05, 4.69) is 51.7 Å². The van der Waals surface area contributed by atoms with Gasteiger partial charge < -0.3 is 4.90 Å². The number of aryl methyl sites for hydroxylation is 1. The van der Waals surface area contributed by atoms with E-state index in [1.165, 1.54) is 5.56 Å². The van der Waals surface area contributed by atoms with Gasteiger partial charge in [0.15, 0.2) is 5.13 Å². The summed E-state index contributed by atoms with van der Waals surface area (Å²) in [5.74, 6) is 6.59. The third kappa shape index (κ3) is 3.63. The van der Waals surface area contributed by atoms with Gasteiger partial charge >= 0.3 is 0 Å². The number of aromatic nitrogens is 1. The molecule has 1 aliphatic rings. The highest BCUT2D eigenvalue weighted by Crippen LogP contribution is 2.18. The fraction of sp³-hybridized carbons (Fsp3) is 0.353. The first-order valence-corrected chi connectivity index (χ1v) is 8.12. The van der Waals surface area contributed by atoms with Gasteiger partial charge in [-0.15, -0.1) is 11.3 Å². The number of hydrogen-bond acceptors (Lipinski definition) is 4. The number of piperazine rings is 1. The Kier molecular flexibility index (Phi) is 4.54. The first-order chi connectivity index (χ1) is 10.3. The lowest BCUT2D eigenvalue weighted by molar-refractivity contribution is 0.288. The molecule has 2 heterocycles. The van der Waals surface area contributed by atoms with Crippen LogP contribution in [0.2, 0.25) is 0 Å². The second kappa shape index (κ2) is 6.75. The molecule has 108 valence electrons. The van der Waals surface area contributed by atoms with Gasteiger partial charge in [-0.05, 0) is 18.6 Å². The first kappa shape index (κ1) is 14.1. The van der Waals surface area contributed by atoms with Crippen LogP contribution in [0.4, 0.5) is 5.13 Å². The molecule has 0 bridgehead atoms. The van der Waals surface area contributed by atoms with E-state index in [4.69, 9.17) is 0 Å². The molecule has 0 atom stereocenters. The van der Waals surface area contributed by atoms with Gasteiger partial charge in [0.1, 0.15) is 0 Å². The summed E-state index contributed by atoms with van der Waals surface area (Å²) >= 11 is 1.72. The summed E-state index contributed by atoms with van der Waals surface area (Å²) in [5.41, 5.74) is 2.39. The fourth-order valence-corrected chi connectivity index (χ4v) is 3.13. The predicted octanol–water partition coefficient (Wildman–Crippen LogP) is 2.63. The number of anilines is 1. The number of benzene rings is 1. The zero-order valence-corrected chi connectivity index (χ0v) is 13.1. The van der Waals surface area contributed by atoms with Crippen LogP contribution in [0.25, 0.3) is 0 Å². The van der Waals surface area contributed by atoms with Gasteiger partial charge in [0, 0.05) is 43.3 Å². The second-order valence-electron chi connectivity index (χ2n) is 5.19. The molecule has 1 saturated heterocycles. The van der Waals surface area contributed by atoms with Crippen LogP contribution in [-0.4, -0.2) is 42.6 Å². The third-order valence-electron chi connectivity index (χ3n) is 3.73. The second-order valence-corrected chi connectivity index (χ2v) is 6.07. The zero-order chi connectivity index (χ0) is 14.5. The number of thiazole rings is 1. The Labute approximate surface area is 130 Å². The summed E-state index contributed by atoms with van der Waals surface area (Å²) in [6.45, 7) is 7.15. The minimum Gasteiger partial charge on any atom is -0.346 e. The minimum atomic E-state index is 0.847. The molecule has 3 rings (SSSR count). The lowest BCUT2D eigenvalue weighted by atomic mass is 10.1. The maximum absolute atomic E-state index is 4.37. The largest absolute Gasteiger partial charge is 0.346 e. The van der Waals surface area contributed by atoms with E-state index in [1.54, 1.807) is 11.3 Å². The molecule has 0 spiro atoms. The molecule has 0 aliphatic carbocycles. The highest BCUT2D eigenvalue weighted by Gasteiger charge is 2.17. The van der Waals surface area contributed by atoms with Crippen LogP contribution in [0.1, 0.15) is 11.1 Å². The van der Waals surface area contributed by atoms with E-state index in [1.807, 2.05) is 17.6 Å². The Morgan fingerprint density at radius 1 is 1.19 bits per heavy atom. The normalized spacial score (nSPS) is 15.6. The number of nitrogens with zero attached hydrogens (tertiary/aromatic N) is 3. The summed E-state index contributed by atoms with van der Waals surface area (Å²) in [5, 5.41) is 3.18. The van der Waals surface area contributed by atoms with Crippen molar-refractivity contribution >= 4 is 16.5 Å². The molecular formula is C17H19N3S. The smallest absolute Gasteiger partial charge is 0.185 e. The highest BCUT2D eigenvalue weighted by molar-refractivity contribution is 7.13. The lowest BCUT2D eigenvalue weighted by Gasteiger charge is -2.33. The molecular weight excluding hydrogens is 278 g/mol. The molecule has 0 N–H and O–H groups in total. The van der Waals surface area contributed by atoms with E-state index < -0.39 is 0 Å². The number of rotatable bonds is 2. The van der Waals surface area contributed by atoms with Gasteiger partial charge in [0.2, 0.25) is 0 Å². The van der Waals surface area contributed by atoms with Gasteiger partial charge in [-0.3, -0.25) is 4.90 Å². The van der Waals surface area contributed by atoms with Crippen LogP contribution in [-0.2, 0) is 0 Å². The molecule has 0 radical (unpaired) electrons. The average molecular weight is 297 g/mol. The van der Waals surface area contributed by atoms with Crippen molar-refractivity contribution in [3.63, 3.8) is 0 Å². The van der Waals surface area contributed by atoms with Crippen LogP contribution < -0.4 is 4.90 Å². The molecule has 0 unspecified atom stereocenters. The fourth-order valence-electron chi connectivity index (χ4n) is 2.43. The summed E-state index contributed by atoms with van der Waals surface area (Å²) in [4.78, 5) is 9.14. The van der Waals surface area contributed by atoms with E-state index in [0.717, 1.165) is 43.4 Å². The Morgan fingerprint density at radius 2 is 2.00 bits per heavy atom. The van der Waals surface area contributed by atoms with Crippen molar-refractivity contribution < 1.29 is 0 Å². The number of hydrogen-bond donors (Lipinski definition) is 0. The monoisotopic (exact) mass is 297 g/mol. The molecule has 0 saturated carbocycles. The van der Waals surface area contributed by atoms with Gasteiger partial charge in [-0.2, -0.15) is 0 Å². The molecule has 4 heteroatoms. The highest BCUT2D eigenvalue weighted by atomic mass is 32.1. The maximum Gasteiger partial charge on any atom is 0.185 e. The van der Waals surface area contributed by atoms with E-state index in [9.17, 15) is 0 Å². The third-order valence-corrected chi connectivity index (χ3v) is 4.57. The first-order valence-electron chi connectivity index (χ1n) is 7.24. The summed E-state index contributed by atoms with van der Waals surface area (Å²) in [6, 6.07) is 8.29. The average Bonchev–Trinajstić information content (AvgIpc) is 3.04. The minimum absolute atomic E-state index is 0.847.